The zero-order valence-corrected chi connectivity index (χ0v) is 19.7. The van der Waals surface area contributed by atoms with E-state index >= 15 is 0 Å². The van der Waals surface area contributed by atoms with Crippen LogP contribution in [0.1, 0.15) is 5.69 Å². The fraction of sp³-hybridized carbons (Fsp3) is 0.222. The van der Waals surface area contributed by atoms with E-state index in [0.29, 0.717) is 23.0 Å². The molecule has 0 spiro atoms. The summed E-state index contributed by atoms with van der Waals surface area (Å²) < 4.78 is 27.7. The van der Waals surface area contributed by atoms with Crippen molar-refractivity contribution in [2.45, 2.75) is 6.92 Å². The number of ether oxygens (including phenoxy) is 5. The van der Waals surface area contributed by atoms with Crippen molar-refractivity contribution in [1.82, 2.24) is 4.98 Å². The number of nitrogens with zero attached hydrogens (tertiary/aromatic N) is 1. The zero-order chi connectivity index (χ0) is 23.5. The van der Waals surface area contributed by atoms with Gasteiger partial charge >= 0.3 is 0 Å². The van der Waals surface area contributed by atoms with Crippen LogP contribution in [0.15, 0.2) is 54.6 Å². The Morgan fingerprint density at radius 1 is 0.576 bits per heavy atom. The highest BCUT2D eigenvalue weighted by Crippen LogP contribution is 2.44. The summed E-state index contributed by atoms with van der Waals surface area (Å²) in [5.41, 5.74) is 4.54. The van der Waals surface area contributed by atoms with Crippen molar-refractivity contribution in [2.75, 3.05) is 35.5 Å². The maximum absolute atomic E-state index is 5.63. The number of aromatic nitrogens is 1. The van der Waals surface area contributed by atoms with Gasteiger partial charge in [-0.15, -0.1) is 0 Å². The summed E-state index contributed by atoms with van der Waals surface area (Å²) in [5, 5.41) is 1.98. The summed E-state index contributed by atoms with van der Waals surface area (Å²) in [5.74, 6) is 3.37. The minimum Gasteiger partial charge on any atom is -0.497 e. The van der Waals surface area contributed by atoms with Gasteiger partial charge < -0.3 is 23.7 Å². The standard InChI is InChI=1S/C27H27NO5/c1-16-20-14-24(32-5)25(33-6)15-21(20)26(17-8-7-9-19(12-17)29-2)27(28-16)18-10-11-22(30-3)23(13-18)31-4/h7-15H,1-6H3. The smallest absolute Gasteiger partial charge is 0.161 e. The van der Waals surface area contributed by atoms with Gasteiger partial charge in [0.15, 0.2) is 23.0 Å². The normalized spacial score (nSPS) is 10.7. The molecule has 0 aliphatic heterocycles. The van der Waals surface area contributed by atoms with Crippen LogP contribution in [0.4, 0.5) is 0 Å². The molecule has 1 aromatic heterocycles. The summed E-state index contributed by atoms with van der Waals surface area (Å²) in [7, 11) is 8.18. The number of hydrogen-bond acceptors (Lipinski definition) is 6. The molecule has 3 aromatic carbocycles. The Bertz CT molecular complexity index is 1320. The number of pyridine rings is 1. The predicted molar refractivity (Wildman–Crippen MR) is 130 cm³/mol. The molecule has 0 saturated heterocycles. The molecular weight excluding hydrogens is 418 g/mol. The Hall–Kier alpha value is -3.93. The topological polar surface area (TPSA) is 59.0 Å². The van der Waals surface area contributed by atoms with E-state index in [1.165, 1.54) is 0 Å². The lowest BCUT2D eigenvalue weighted by Gasteiger charge is -2.18. The Balaban J connectivity index is 2.12. The minimum atomic E-state index is 0.637. The molecule has 0 amide bonds. The van der Waals surface area contributed by atoms with Gasteiger partial charge in [-0.25, -0.2) is 0 Å². The van der Waals surface area contributed by atoms with Gasteiger partial charge in [-0.05, 0) is 60.3 Å². The second-order valence-electron chi connectivity index (χ2n) is 7.48. The molecule has 0 unspecified atom stereocenters. The van der Waals surface area contributed by atoms with Gasteiger partial charge in [-0.1, -0.05) is 12.1 Å². The van der Waals surface area contributed by atoms with Crippen LogP contribution in [0.2, 0.25) is 0 Å². The first-order valence-electron chi connectivity index (χ1n) is 10.5. The molecule has 0 aliphatic carbocycles. The molecule has 170 valence electrons. The Labute approximate surface area is 193 Å². The third kappa shape index (κ3) is 4.00. The molecule has 0 radical (unpaired) electrons. The monoisotopic (exact) mass is 445 g/mol. The third-order valence-electron chi connectivity index (χ3n) is 5.71. The van der Waals surface area contributed by atoms with Gasteiger partial charge in [-0.3, -0.25) is 4.98 Å². The molecule has 0 saturated carbocycles. The molecule has 0 N–H and O–H groups in total. The van der Waals surface area contributed by atoms with Crippen molar-refractivity contribution >= 4 is 10.8 Å². The van der Waals surface area contributed by atoms with Crippen LogP contribution in [0.3, 0.4) is 0 Å². The Morgan fingerprint density at radius 3 is 1.85 bits per heavy atom. The van der Waals surface area contributed by atoms with Crippen molar-refractivity contribution in [1.29, 1.82) is 0 Å². The first kappa shape index (κ1) is 22.3. The van der Waals surface area contributed by atoms with Crippen molar-refractivity contribution < 1.29 is 23.7 Å². The molecule has 0 atom stereocenters. The lowest BCUT2D eigenvalue weighted by Crippen LogP contribution is -1.99. The highest BCUT2D eigenvalue weighted by molar-refractivity contribution is 6.05. The number of aryl methyl sites for hydroxylation is 1. The van der Waals surface area contributed by atoms with E-state index in [-0.39, 0.29) is 0 Å². The van der Waals surface area contributed by atoms with E-state index in [9.17, 15) is 0 Å². The van der Waals surface area contributed by atoms with Gasteiger partial charge in [0, 0.05) is 22.2 Å². The first-order valence-corrected chi connectivity index (χ1v) is 10.5. The highest BCUT2D eigenvalue weighted by Gasteiger charge is 2.20. The van der Waals surface area contributed by atoms with E-state index < -0.39 is 0 Å². The minimum absolute atomic E-state index is 0.637. The Kier molecular flexibility index (Phi) is 6.27. The van der Waals surface area contributed by atoms with Gasteiger partial charge in [0.05, 0.1) is 41.2 Å². The maximum atomic E-state index is 5.63. The van der Waals surface area contributed by atoms with Crippen molar-refractivity contribution in [3.8, 4) is 51.1 Å². The van der Waals surface area contributed by atoms with Crippen LogP contribution in [-0.2, 0) is 0 Å². The Morgan fingerprint density at radius 2 is 1.21 bits per heavy atom. The van der Waals surface area contributed by atoms with Crippen molar-refractivity contribution in [2.24, 2.45) is 0 Å². The van der Waals surface area contributed by atoms with E-state index in [1.807, 2.05) is 55.5 Å². The average Bonchev–Trinajstić information content (AvgIpc) is 2.87. The van der Waals surface area contributed by atoms with Crippen LogP contribution in [-0.4, -0.2) is 40.5 Å². The molecule has 1 heterocycles. The van der Waals surface area contributed by atoms with Gasteiger partial charge in [0.1, 0.15) is 5.75 Å². The van der Waals surface area contributed by atoms with E-state index in [4.69, 9.17) is 28.7 Å². The fourth-order valence-corrected chi connectivity index (χ4v) is 4.06. The number of hydrogen-bond donors (Lipinski definition) is 0. The molecular formula is C27H27NO5. The molecule has 0 fully saturated rings. The quantitative estimate of drug-likeness (QED) is 0.352. The van der Waals surface area contributed by atoms with Gasteiger partial charge in [-0.2, -0.15) is 0 Å². The van der Waals surface area contributed by atoms with E-state index in [0.717, 1.165) is 44.6 Å². The van der Waals surface area contributed by atoms with Crippen LogP contribution in [0.5, 0.6) is 28.7 Å². The average molecular weight is 446 g/mol. The molecule has 4 rings (SSSR count). The third-order valence-corrected chi connectivity index (χ3v) is 5.71. The summed E-state index contributed by atoms with van der Waals surface area (Å²) in [4.78, 5) is 5.03. The lowest BCUT2D eigenvalue weighted by molar-refractivity contribution is 0.355. The predicted octanol–water partition coefficient (Wildman–Crippen LogP) is 5.92. The number of methoxy groups -OCH3 is 5. The first-order chi connectivity index (χ1) is 16.0. The summed E-state index contributed by atoms with van der Waals surface area (Å²) >= 11 is 0. The van der Waals surface area contributed by atoms with Crippen LogP contribution >= 0.6 is 0 Å². The molecule has 6 heteroatoms. The van der Waals surface area contributed by atoms with Gasteiger partial charge in [0.2, 0.25) is 0 Å². The van der Waals surface area contributed by atoms with E-state index in [1.54, 1.807) is 35.5 Å². The second kappa shape index (κ2) is 9.28. The van der Waals surface area contributed by atoms with Crippen molar-refractivity contribution in [3.05, 3.63) is 60.3 Å². The fourth-order valence-electron chi connectivity index (χ4n) is 4.06. The molecule has 33 heavy (non-hydrogen) atoms. The van der Waals surface area contributed by atoms with Crippen LogP contribution < -0.4 is 23.7 Å². The molecule has 0 aliphatic rings. The van der Waals surface area contributed by atoms with Gasteiger partial charge in [0.25, 0.3) is 0 Å². The summed E-state index contributed by atoms with van der Waals surface area (Å²) in [6.45, 7) is 1.99. The molecule has 6 nitrogen and oxygen atoms in total. The van der Waals surface area contributed by atoms with Crippen LogP contribution in [0.25, 0.3) is 33.2 Å². The zero-order valence-electron chi connectivity index (χ0n) is 19.7. The summed E-state index contributed by atoms with van der Waals surface area (Å²) in [6.07, 6.45) is 0. The number of fused-ring (bicyclic) bond motifs is 1. The number of benzene rings is 3. The SMILES string of the molecule is COc1cccc(-c2c(-c3ccc(OC)c(OC)c3)nc(C)c3cc(OC)c(OC)cc23)c1. The van der Waals surface area contributed by atoms with Crippen molar-refractivity contribution in [3.63, 3.8) is 0 Å². The number of rotatable bonds is 7. The van der Waals surface area contributed by atoms with Crippen LogP contribution in [0, 0.1) is 6.92 Å². The highest BCUT2D eigenvalue weighted by atomic mass is 16.5. The lowest BCUT2D eigenvalue weighted by atomic mass is 9.92. The molecule has 4 aromatic rings. The second-order valence-corrected chi connectivity index (χ2v) is 7.48. The van der Waals surface area contributed by atoms with E-state index in [2.05, 4.69) is 6.07 Å². The maximum Gasteiger partial charge on any atom is 0.161 e. The summed E-state index contributed by atoms with van der Waals surface area (Å²) in [6, 6.07) is 17.7. The largest absolute Gasteiger partial charge is 0.497 e. The molecule has 0 bridgehead atoms.